The summed E-state index contributed by atoms with van der Waals surface area (Å²) >= 11 is 0. The molecule has 0 saturated carbocycles. The number of para-hydroxylation sites is 1. The number of ether oxygens (including phenoxy) is 3. The molecule has 12 rings (SSSR count). The van der Waals surface area contributed by atoms with Crippen molar-refractivity contribution in [3.63, 3.8) is 0 Å². The first-order valence-electron chi connectivity index (χ1n) is 18.5. The maximum atomic E-state index is 6.76. The number of benzene rings is 8. The monoisotopic (exact) mass is 707 g/mol. The summed E-state index contributed by atoms with van der Waals surface area (Å²) in [5.41, 5.74) is 6.43. The Hall–Kier alpha value is -6.76. The van der Waals surface area contributed by atoms with Crippen molar-refractivity contribution in [2.75, 3.05) is 0 Å². The third-order valence-corrected chi connectivity index (χ3v) is 16.4. The summed E-state index contributed by atoms with van der Waals surface area (Å²) in [7, 11) is -2.74. The first-order chi connectivity index (χ1) is 26.8. The quantitative estimate of drug-likeness (QED) is 0.143. The van der Waals surface area contributed by atoms with E-state index in [4.69, 9.17) is 14.2 Å². The van der Waals surface area contributed by atoms with E-state index < -0.39 is 8.07 Å². The molecule has 6 heteroatoms. The van der Waals surface area contributed by atoms with Crippen LogP contribution >= 0.6 is 0 Å². The second-order valence-corrected chi connectivity index (χ2v) is 18.2. The van der Waals surface area contributed by atoms with Gasteiger partial charge in [-0.3, -0.25) is 0 Å². The van der Waals surface area contributed by atoms with Crippen LogP contribution in [0, 0.1) is 0 Å². The lowest BCUT2D eigenvalue weighted by Crippen LogP contribution is -2.74. The Bertz CT molecular complexity index is 2810. The summed E-state index contributed by atoms with van der Waals surface area (Å²) in [6.07, 6.45) is 0. The zero-order chi connectivity index (χ0) is 35.4. The molecule has 4 heterocycles. The number of fused-ring (bicyclic) bond motifs is 3. The fourth-order valence-corrected chi connectivity index (χ4v) is 14.3. The van der Waals surface area contributed by atoms with Crippen molar-refractivity contribution in [3.8, 4) is 40.2 Å². The van der Waals surface area contributed by atoms with Crippen LogP contribution < -0.4 is 51.3 Å². The average Bonchev–Trinajstić information content (AvgIpc) is 3.56. The highest BCUT2D eigenvalue weighted by molar-refractivity contribution is 7.20. The van der Waals surface area contributed by atoms with Gasteiger partial charge in [-0.25, -0.2) is 0 Å². The van der Waals surface area contributed by atoms with Crippen LogP contribution in [0.5, 0.6) is 34.5 Å². The highest BCUT2D eigenvalue weighted by Gasteiger charge is 2.47. The van der Waals surface area contributed by atoms with E-state index in [9.17, 15) is 0 Å². The molecule has 0 amide bonds. The summed E-state index contributed by atoms with van der Waals surface area (Å²) in [5.74, 6) is 4.95. The van der Waals surface area contributed by atoms with Gasteiger partial charge in [0, 0.05) is 39.3 Å². The molecular formula is C48H30BNO3Si. The highest BCUT2D eigenvalue weighted by Crippen LogP contribution is 2.43. The predicted molar refractivity (Wildman–Crippen MR) is 222 cm³/mol. The summed E-state index contributed by atoms with van der Waals surface area (Å²) in [5, 5.41) is 7.82. The molecule has 0 spiro atoms. The van der Waals surface area contributed by atoms with Crippen molar-refractivity contribution < 1.29 is 14.2 Å². The molecule has 0 fully saturated rings. The molecule has 8 aromatic carbocycles. The largest absolute Gasteiger partial charge is 0.458 e. The van der Waals surface area contributed by atoms with Crippen LogP contribution in [0.15, 0.2) is 182 Å². The van der Waals surface area contributed by atoms with Crippen LogP contribution in [0.25, 0.3) is 27.5 Å². The first-order valence-corrected chi connectivity index (χ1v) is 20.5. The first kappa shape index (κ1) is 29.8. The van der Waals surface area contributed by atoms with Gasteiger partial charge in [-0.1, -0.05) is 133 Å². The normalized spacial score (nSPS) is 13.2. The Morgan fingerprint density at radius 2 is 0.796 bits per heavy atom. The molecular weight excluding hydrogens is 677 g/mol. The van der Waals surface area contributed by atoms with Crippen molar-refractivity contribution in [3.05, 3.63) is 182 Å². The topological polar surface area (TPSA) is 32.6 Å². The van der Waals surface area contributed by atoms with E-state index in [1.807, 2.05) is 36.4 Å². The molecule has 1 aromatic heterocycles. The molecule has 3 aliphatic rings. The molecule has 0 atom stereocenters. The number of aromatic nitrogens is 1. The Morgan fingerprint density at radius 1 is 0.352 bits per heavy atom. The summed E-state index contributed by atoms with van der Waals surface area (Å²) in [4.78, 5) is 0. The molecule has 252 valence electrons. The lowest BCUT2D eigenvalue weighted by atomic mass is 9.34. The predicted octanol–water partition coefficient (Wildman–Crippen LogP) is 6.99. The minimum Gasteiger partial charge on any atom is -0.458 e. The van der Waals surface area contributed by atoms with Crippen LogP contribution in [-0.4, -0.2) is 19.4 Å². The van der Waals surface area contributed by atoms with E-state index in [2.05, 4.69) is 150 Å². The number of rotatable bonds is 5. The molecule has 54 heavy (non-hydrogen) atoms. The average molecular weight is 708 g/mol. The minimum absolute atomic E-state index is 0.0227. The van der Waals surface area contributed by atoms with E-state index in [-0.39, 0.29) is 6.71 Å². The molecule has 0 bridgehead atoms. The van der Waals surface area contributed by atoms with Gasteiger partial charge >= 0.3 is 0 Å². The number of nitrogens with zero attached hydrogens (tertiary/aromatic N) is 1. The Labute approximate surface area is 313 Å². The van der Waals surface area contributed by atoms with E-state index in [1.165, 1.54) is 31.5 Å². The second-order valence-electron chi connectivity index (χ2n) is 14.4. The summed E-state index contributed by atoms with van der Waals surface area (Å²) in [6.45, 7) is -0.0227. The maximum absolute atomic E-state index is 6.76. The summed E-state index contributed by atoms with van der Waals surface area (Å²) in [6, 6.07) is 65.8. The van der Waals surface area contributed by atoms with Crippen molar-refractivity contribution in [1.29, 1.82) is 0 Å². The SMILES string of the molecule is c1ccc([Si](c2ccccc2)(c2ccccc2)c2ccc3c(c2)c2ccccc2n3-c2cc3c4c(c2)Oc2cccc5c2B4c2c(cccc2O3)O5)cc1. The zero-order valence-electron chi connectivity index (χ0n) is 29.1. The van der Waals surface area contributed by atoms with Gasteiger partial charge in [0.05, 0.1) is 16.7 Å². The van der Waals surface area contributed by atoms with Crippen LogP contribution in [0.1, 0.15) is 0 Å². The molecule has 4 nitrogen and oxygen atoms in total. The van der Waals surface area contributed by atoms with Crippen LogP contribution in [-0.2, 0) is 0 Å². The van der Waals surface area contributed by atoms with Gasteiger partial charge in [-0.2, -0.15) is 0 Å². The Morgan fingerprint density at radius 3 is 1.33 bits per heavy atom. The van der Waals surface area contributed by atoms with E-state index >= 15 is 0 Å². The van der Waals surface area contributed by atoms with Gasteiger partial charge in [0.1, 0.15) is 34.5 Å². The van der Waals surface area contributed by atoms with Gasteiger partial charge in [-0.15, -0.1) is 0 Å². The van der Waals surface area contributed by atoms with Crippen LogP contribution in [0.4, 0.5) is 0 Å². The fourth-order valence-electron chi connectivity index (χ4n) is 9.48. The van der Waals surface area contributed by atoms with Gasteiger partial charge in [0.2, 0.25) is 0 Å². The number of hydrogen-bond donors (Lipinski definition) is 0. The minimum atomic E-state index is -2.74. The van der Waals surface area contributed by atoms with Gasteiger partial charge < -0.3 is 18.8 Å². The fraction of sp³-hybridized carbons (Fsp3) is 0. The van der Waals surface area contributed by atoms with Crippen molar-refractivity contribution in [2.45, 2.75) is 0 Å². The van der Waals surface area contributed by atoms with Crippen molar-refractivity contribution in [2.24, 2.45) is 0 Å². The van der Waals surface area contributed by atoms with Crippen LogP contribution in [0.3, 0.4) is 0 Å². The molecule has 0 aliphatic carbocycles. The van der Waals surface area contributed by atoms with E-state index in [0.29, 0.717) is 0 Å². The molecule has 0 N–H and O–H groups in total. The van der Waals surface area contributed by atoms with Gasteiger partial charge in [-0.05, 0) is 57.1 Å². The third kappa shape index (κ3) is 3.98. The number of hydrogen-bond acceptors (Lipinski definition) is 3. The smallest absolute Gasteiger partial charge is 0.270 e. The summed E-state index contributed by atoms with van der Waals surface area (Å²) < 4.78 is 22.3. The Balaban J connectivity index is 1.11. The molecule has 0 radical (unpaired) electrons. The van der Waals surface area contributed by atoms with Crippen molar-refractivity contribution in [1.82, 2.24) is 4.57 Å². The zero-order valence-corrected chi connectivity index (χ0v) is 30.1. The van der Waals surface area contributed by atoms with Gasteiger partial charge in [0.25, 0.3) is 6.71 Å². The lowest BCUT2D eigenvalue weighted by molar-refractivity contribution is 0.442. The molecule has 9 aromatic rings. The van der Waals surface area contributed by atoms with Crippen LogP contribution in [0.2, 0.25) is 0 Å². The highest BCUT2D eigenvalue weighted by atomic mass is 28.3. The maximum Gasteiger partial charge on any atom is 0.270 e. The van der Waals surface area contributed by atoms with Gasteiger partial charge in [0.15, 0.2) is 8.07 Å². The third-order valence-electron chi connectivity index (χ3n) is 11.7. The second kappa shape index (κ2) is 11.1. The van der Waals surface area contributed by atoms with E-state index in [0.717, 1.165) is 67.6 Å². The molecule has 0 unspecified atom stereocenters. The van der Waals surface area contributed by atoms with E-state index in [1.54, 1.807) is 0 Å². The Kier molecular flexibility index (Phi) is 6.13. The lowest BCUT2D eigenvalue weighted by Gasteiger charge is -2.37. The van der Waals surface area contributed by atoms with Crippen molar-refractivity contribution >= 4 is 73.7 Å². The molecule has 0 saturated heterocycles. The molecule has 3 aliphatic heterocycles. The standard InChI is InChI=1S/C48H30BNO3Si/c1-4-14-32(15-5-1)54(33-16-6-2-7-17-33,34-18-8-3-9-19-34)35-26-27-39-37(30-35)36-20-10-11-21-38(36)50(39)31-28-44-48-45(29-31)53-43-25-13-23-41-47(43)49(48)46-40(51-41)22-12-24-42(46)52-44/h1-30H.